The zero-order chi connectivity index (χ0) is 20.5. The van der Waals surface area contributed by atoms with Crippen LogP contribution in [-0.4, -0.2) is 24.6 Å². The first-order valence-corrected chi connectivity index (χ1v) is 9.81. The minimum Gasteiger partial charge on any atom is -0.494 e. The molecule has 0 heterocycles. The lowest BCUT2D eigenvalue weighted by Gasteiger charge is -2.16. The van der Waals surface area contributed by atoms with Crippen LogP contribution in [0.5, 0.6) is 17.2 Å². The number of carbonyl (C=O) groups is 1. The number of hydrogen-bond donors (Lipinski definition) is 0. The Morgan fingerprint density at radius 2 is 1.57 bits per heavy atom. The highest BCUT2D eigenvalue weighted by Gasteiger charge is 2.09. The number of benzene rings is 2. The maximum Gasteiger partial charge on any atom is 0.185 e. The zero-order valence-corrected chi connectivity index (χ0v) is 17.4. The van der Waals surface area contributed by atoms with Crippen molar-refractivity contribution in [2.45, 2.75) is 53.2 Å². The number of ketones is 1. The van der Waals surface area contributed by atoms with Crippen LogP contribution < -0.4 is 14.2 Å². The summed E-state index contributed by atoms with van der Waals surface area (Å²) in [5.74, 6) is 2.15. The summed E-state index contributed by atoms with van der Waals surface area (Å²) in [5.41, 5.74) is 1.45. The molecule has 4 nitrogen and oxygen atoms in total. The lowest BCUT2D eigenvalue weighted by atomic mass is 10.1. The molecule has 4 heteroatoms. The van der Waals surface area contributed by atoms with Gasteiger partial charge in [-0.3, -0.25) is 4.79 Å². The molecule has 0 saturated heterocycles. The fourth-order valence-corrected chi connectivity index (χ4v) is 2.55. The van der Waals surface area contributed by atoms with E-state index >= 15 is 0 Å². The number of carbonyl (C=O) groups excluding carboxylic acids is 1. The summed E-state index contributed by atoms with van der Waals surface area (Å²) in [4.78, 5) is 12.5. The van der Waals surface area contributed by atoms with Gasteiger partial charge in [-0.25, -0.2) is 0 Å². The van der Waals surface area contributed by atoms with E-state index in [0.717, 1.165) is 23.5 Å². The first-order chi connectivity index (χ1) is 13.4. The molecular weight excluding hydrogens is 352 g/mol. The normalized spacial score (nSPS) is 11.2. The van der Waals surface area contributed by atoms with Crippen LogP contribution in [0.1, 0.15) is 57.0 Å². The standard InChI is InChI=1S/C24H30O4/c1-6-15-26-21-11-7-19(8-12-21)23(25)14-10-20-9-13-22(27-17(2)3)16-24(20)28-18(4)5/h7-14,16-18H,6,15H2,1-5H3/b14-10+. The van der Waals surface area contributed by atoms with E-state index in [0.29, 0.717) is 17.9 Å². The van der Waals surface area contributed by atoms with Crippen molar-refractivity contribution in [1.29, 1.82) is 0 Å². The van der Waals surface area contributed by atoms with Gasteiger partial charge in [-0.05, 0) is 82.7 Å². The summed E-state index contributed by atoms with van der Waals surface area (Å²) in [6.07, 6.45) is 4.39. The van der Waals surface area contributed by atoms with Gasteiger partial charge in [0.05, 0.1) is 18.8 Å². The second-order valence-electron chi connectivity index (χ2n) is 7.10. The van der Waals surface area contributed by atoms with Gasteiger partial charge >= 0.3 is 0 Å². The van der Waals surface area contributed by atoms with Crippen molar-refractivity contribution in [3.05, 3.63) is 59.7 Å². The third-order valence-corrected chi connectivity index (χ3v) is 3.75. The molecule has 2 aromatic rings. The Balaban J connectivity index is 2.15. The van der Waals surface area contributed by atoms with E-state index in [9.17, 15) is 4.79 Å². The molecule has 0 aromatic heterocycles. The van der Waals surface area contributed by atoms with Gasteiger partial charge < -0.3 is 14.2 Å². The second kappa shape index (κ2) is 10.5. The Bertz CT molecular complexity index is 789. The highest BCUT2D eigenvalue weighted by Crippen LogP contribution is 2.28. The third kappa shape index (κ3) is 6.76. The van der Waals surface area contributed by atoms with E-state index in [4.69, 9.17) is 14.2 Å². The summed E-state index contributed by atoms with van der Waals surface area (Å²) in [6, 6.07) is 12.9. The van der Waals surface area contributed by atoms with E-state index in [2.05, 4.69) is 6.92 Å². The maximum absolute atomic E-state index is 12.5. The average molecular weight is 383 g/mol. The van der Waals surface area contributed by atoms with E-state index in [1.165, 1.54) is 0 Å². The van der Waals surface area contributed by atoms with Crippen LogP contribution in [0.25, 0.3) is 6.08 Å². The molecule has 0 bridgehead atoms. The fourth-order valence-electron chi connectivity index (χ4n) is 2.55. The van der Waals surface area contributed by atoms with Crippen LogP contribution in [0.3, 0.4) is 0 Å². The Morgan fingerprint density at radius 1 is 0.929 bits per heavy atom. The number of rotatable bonds is 10. The Morgan fingerprint density at radius 3 is 2.18 bits per heavy atom. The third-order valence-electron chi connectivity index (χ3n) is 3.75. The molecule has 0 saturated carbocycles. The van der Waals surface area contributed by atoms with Crippen LogP contribution in [0.2, 0.25) is 0 Å². The van der Waals surface area contributed by atoms with Gasteiger partial charge in [0.15, 0.2) is 5.78 Å². The molecule has 0 aliphatic carbocycles. The number of hydrogen-bond acceptors (Lipinski definition) is 4. The Labute approximate surface area is 168 Å². The van der Waals surface area contributed by atoms with Crippen molar-refractivity contribution < 1.29 is 19.0 Å². The summed E-state index contributed by atoms with van der Waals surface area (Å²) < 4.78 is 17.2. The van der Waals surface area contributed by atoms with Crippen molar-refractivity contribution in [2.24, 2.45) is 0 Å². The summed E-state index contributed by atoms with van der Waals surface area (Å²) in [5, 5.41) is 0. The van der Waals surface area contributed by atoms with Crippen molar-refractivity contribution in [1.82, 2.24) is 0 Å². The van der Waals surface area contributed by atoms with Gasteiger partial charge in [0.2, 0.25) is 0 Å². The molecule has 2 aromatic carbocycles. The molecule has 0 amide bonds. The largest absolute Gasteiger partial charge is 0.494 e. The van der Waals surface area contributed by atoms with E-state index in [-0.39, 0.29) is 18.0 Å². The molecule has 0 fully saturated rings. The van der Waals surface area contributed by atoms with Gasteiger partial charge in [0, 0.05) is 17.2 Å². The molecule has 0 spiro atoms. The molecular formula is C24H30O4. The minimum atomic E-state index is -0.0694. The van der Waals surface area contributed by atoms with Crippen LogP contribution in [0, 0.1) is 0 Å². The first kappa shape index (κ1) is 21.5. The monoisotopic (exact) mass is 382 g/mol. The highest BCUT2D eigenvalue weighted by atomic mass is 16.5. The minimum absolute atomic E-state index is 0.0211. The van der Waals surface area contributed by atoms with Gasteiger partial charge in [0.25, 0.3) is 0 Å². The Hall–Kier alpha value is -2.75. The van der Waals surface area contributed by atoms with Crippen molar-refractivity contribution in [2.75, 3.05) is 6.61 Å². The molecule has 0 aliphatic rings. The molecule has 0 radical (unpaired) electrons. The average Bonchev–Trinajstić information content (AvgIpc) is 2.65. The van der Waals surface area contributed by atoms with Crippen molar-refractivity contribution in [3.63, 3.8) is 0 Å². The van der Waals surface area contributed by atoms with E-state index in [1.54, 1.807) is 24.3 Å². The lowest BCUT2D eigenvalue weighted by molar-refractivity contribution is 0.104. The Kier molecular flexibility index (Phi) is 8.12. The van der Waals surface area contributed by atoms with Crippen LogP contribution in [0.4, 0.5) is 0 Å². The molecule has 0 N–H and O–H groups in total. The zero-order valence-electron chi connectivity index (χ0n) is 17.4. The molecule has 28 heavy (non-hydrogen) atoms. The summed E-state index contributed by atoms with van der Waals surface area (Å²) in [7, 11) is 0. The smallest absolute Gasteiger partial charge is 0.185 e. The second-order valence-corrected chi connectivity index (χ2v) is 7.10. The summed E-state index contributed by atoms with van der Waals surface area (Å²) >= 11 is 0. The van der Waals surface area contributed by atoms with Crippen LogP contribution in [0.15, 0.2) is 48.5 Å². The predicted octanol–water partition coefficient (Wildman–Crippen LogP) is 5.95. The maximum atomic E-state index is 12.5. The van der Waals surface area contributed by atoms with Gasteiger partial charge in [-0.1, -0.05) is 6.92 Å². The lowest BCUT2D eigenvalue weighted by Crippen LogP contribution is -2.09. The van der Waals surface area contributed by atoms with Crippen LogP contribution in [-0.2, 0) is 0 Å². The quantitative estimate of drug-likeness (QED) is 0.376. The van der Waals surface area contributed by atoms with Gasteiger partial charge in [0.1, 0.15) is 17.2 Å². The molecule has 0 aliphatic heterocycles. The van der Waals surface area contributed by atoms with Crippen molar-refractivity contribution >= 4 is 11.9 Å². The molecule has 0 atom stereocenters. The highest BCUT2D eigenvalue weighted by molar-refractivity contribution is 6.07. The van der Waals surface area contributed by atoms with Crippen molar-refractivity contribution in [3.8, 4) is 17.2 Å². The topological polar surface area (TPSA) is 44.8 Å². The van der Waals surface area contributed by atoms with Gasteiger partial charge in [-0.15, -0.1) is 0 Å². The number of allylic oxidation sites excluding steroid dienone is 1. The molecule has 2 rings (SSSR count). The first-order valence-electron chi connectivity index (χ1n) is 9.81. The predicted molar refractivity (Wildman–Crippen MR) is 114 cm³/mol. The van der Waals surface area contributed by atoms with E-state index < -0.39 is 0 Å². The van der Waals surface area contributed by atoms with Crippen LogP contribution >= 0.6 is 0 Å². The fraction of sp³-hybridized carbons (Fsp3) is 0.375. The van der Waals surface area contributed by atoms with Gasteiger partial charge in [-0.2, -0.15) is 0 Å². The molecule has 0 unspecified atom stereocenters. The van der Waals surface area contributed by atoms with E-state index in [1.807, 2.05) is 58.0 Å². The number of ether oxygens (including phenoxy) is 3. The SMILES string of the molecule is CCCOc1ccc(C(=O)/C=C/c2ccc(OC(C)C)cc2OC(C)C)cc1. The molecule has 150 valence electrons. The summed E-state index contributed by atoms with van der Waals surface area (Å²) in [6.45, 7) is 10.6.